The second-order valence-corrected chi connectivity index (χ2v) is 1.80. The summed E-state index contributed by atoms with van der Waals surface area (Å²) in [7, 11) is -4.61. The van der Waals surface area contributed by atoms with Gasteiger partial charge in [0.1, 0.15) is 0 Å². The zero-order chi connectivity index (χ0) is 4.50. The summed E-state index contributed by atoms with van der Waals surface area (Å²) in [6.07, 6.45) is 0. The predicted octanol–water partition coefficient (Wildman–Crippen LogP) is -6.27. The Hall–Kier alpha value is 0.469. The van der Waals surface area contributed by atoms with E-state index in [2.05, 4.69) is 0 Å². The van der Waals surface area contributed by atoms with Crippen molar-refractivity contribution in [3.8, 4) is 0 Å². The van der Waals surface area contributed by atoms with Crippen LogP contribution in [0.25, 0.3) is 0 Å². The molecule has 7 nitrogen and oxygen atoms in total. The van der Waals surface area contributed by atoms with Crippen LogP contribution in [0.2, 0.25) is 0 Å². The molecule has 0 bridgehead atoms. The molecule has 0 aromatic carbocycles. The van der Waals surface area contributed by atoms with Gasteiger partial charge >= 0.3 is 9.05 Å². The van der Waals surface area contributed by atoms with Crippen LogP contribution in [0.5, 0.6) is 0 Å². The van der Waals surface area contributed by atoms with E-state index >= 15 is 0 Å². The molecule has 0 fully saturated rings. The summed E-state index contributed by atoms with van der Waals surface area (Å²) < 4.78 is 0. The Morgan fingerprint density at radius 2 is 0.667 bits per heavy atom. The molecule has 0 heterocycles. The average molecular weight is 180 g/mol. The van der Waals surface area contributed by atoms with E-state index in [1.54, 1.807) is 0 Å². The summed E-state index contributed by atoms with van der Waals surface area (Å²) in [6, 6.07) is 0. The predicted molar refractivity (Wildman–Crippen MR) is 35.4 cm³/mol. The van der Waals surface area contributed by atoms with Gasteiger partial charge in [0, 0.05) is 0 Å². The molecule has 10 N–H and O–H groups in total. The first-order valence-electron chi connectivity index (χ1n) is 0.894. The molecule has 0 unspecified atom stereocenters. The second kappa shape index (κ2) is 11.3. The molecule has 0 radical (unpaired) electrons. The van der Waals surface area contributed by atoms with Gasteiger partial charge in [0.25, 0.3) is 0 Å². The van der Waals surface area contributed by atoms with Crippen molar-refractivity contribution < 1.29 is 35.6 Å². The zero-order valence-corrected chi connectivity index (χ0v) is 4.79. The maximum Gasteiger partial charge on any atom is 0.668 e. The van der Waals surface area contributed by atoms with E-state index < -0.39 is 9.05 Å². The molecule has 62 valence electrons. The molecular weight excluding hydrogens is 167 g/mol. The van der Waals surface area contributed by atoms with E-state index in [4.69, 9.17) is 19.2 Å². The number of hydrogen-bond donors (Lipinski definition) is 4. The fourth-order valence-electron chi connectivity index (χ4n) is 0. The van der Waals surface area contributed by atoms with E-state index in [-0.39, 0.29) is 33.8 Å². The fourth-order valence-corrected chi connectivity index (χ4v) is 0. The zero-order valence-electron chi connectivity index (χ0n) is 3.79. The molecule has 0 aliphatic rings. The van der Waals surface area contributed by atoms with Crippen molar-refractivity contribution in [3.05, 3.63) is 0 Å². The molecule has 0 rings (SSSR count). The Balaban J connectivity index is -0.0000000133. The van der Waals surface area contributed by atoms with Crippen LogP contribution < -0.4 is 0 Å². The highest BCUT2D eigenvalue weighted by atomic mass is 28.4. The highest BCUT2D eigenvalue weighted by Crippen LogP contribution is 1.67. The van der Waals surface area contributed by atoms with Crippen LogP contribution in [-0.2, 0) is 0 Å². The molecule has 0 aliphatic heterocycles. The molecular formula is H13AlO7Si. The Labute approximate surface area is 62.7 Å². The standard InChI is InChI=1S/Al.H4O4Si.3H2O.3H/c;1-5(2,3)4;;;;;;/h;1-4H;3*1H2;;;. The molecule has 0 saturated heterocycles. The van der Waals surface area contributed by atoms with Crippen molar-refractivity contribution in [1.82, 2.24) is 0 Å². The third-order valence-corrected chi connectivity index (χ3v) is 0. The lowest BCUT2D eigenvalue weighted by molar-refractivity contribution is 0.117. The summed E-state index contributed by atoms with van der Waals surface area (Å²) >= 11 is 0. The van der Waals surface area contributed by atoms with E-state index in [0.29, 0.717) is 0 Å². The molecule has 9 heteroatoms. The van der Waals surface area contributed by atoms with Crippen molar-refractivity contribution in [1.29, 1.82) is 0 Å². The van der Waals surface area contributed by atoms with E-state index in [9.17, 15) is 0 Å². The van der Waals surface area contributed by atoms with Crippen LogP contribution in [0.15, 0.2) is 0 Å². The maximum atomic E-state index is 7.33. The normalized spacial score (nSPS) is 6.67. The molecule has 0 aromatic heterocycles. The van der Waals surface area contributed by atoms with Gasteiger partial charge in [-0.05, 0) is 0 Å². The molecule has 0 spiro atoms. The Morgan fingerprint density at radius 1 is 0.667 bits per heavy atom. The Kier molecular flexibility index (Phi) is 42.7. The van der Waals surface area contributed by atoms with Gasteiger partial charge in [0.15, 0.2) is 17.4 Å². The minimum Gasteiger partial charge on any atom is -0.412 e. The topological polar surface area (TPSA) is 175 Å². The van der Waals surface area contributed by atoms with Gasteiger partial charge in [-0.1, -0.05) is 0 Å². The third kappa shape index (κ3) is 1610. The summed E-state index contributed by atoms with van der Waals surface area (Å²) in [6.45, 7) is 0. The molecule has 0 aromatic rings. The van der Waals surface area contributed by atoms with Crippen LogP contribution in [0, 0.1) is 0 Å². The summed E-state index contributed by atoms with van der Waals surface area (Å²) in [5.74, 6) is 0. The van der Waals surface area contributed by atoms with Crippen molar-refractivity contribution in [2.75, 3.05) is 0 Å². The fraction of sp³-hybridized carbons (Fsp3) is 0. The smallest absolute Gasteiger partial charge is 0.412 e. The van der Waals surface area contributed by atoms with Gasteiger partial charge in [0.05, 0.1) is 0 Å². The van der Waals surface area contributed by atoms with Crippen molar-refractivity contribution in [2.24, 2.45) is 0 Å². The monoisotopic (exact) mass is 180 g/mol. The van der Waals surface area contributed by atoms with Gasteiger partial charge < -0.3 is 35.6 Å². The van der Waals surface area contributed by atoms with Crippen molar-refractivity contribution in [3.63, 3.8) is 0 Å². The molecule has 9 heavy (non-hydrogen) atoms. The first-order chi connectivity index (χ1) is 2.00. The summed E-state index contributed by atoms with van der Waals surface area (Å²) in [5, 5.41) is 0. The lowest BCUT2D eigenvalue weighted by atomic mass is 15.7. The Morgan fingerprint density at radius 3 is 0.667 bits per heavy atom. The lowest BCUT2D eigenvalue weighted by Crippen LogP contribution is -2.33. The second-order valence-electron chi connectivity index (χ2n) is 0.600. The number of rotatable bonds is 0. The quantitative estimate of drug-likeness (QED) is 0.271. The minimum absolute atomic E-state index is 0. The average Bonchev–Trinajstić information content (AvgIpc) is 0.722. The third-order valence-electron chi connectivity index (χ3n) is 0. The summed E-state index contributed by atoms with van der Waals surface area (Å²) in [5.41, 5.74) is 0. The maximum absolute atomic E-state index is 7.33. The molecule has 0 amide bonds. The van der Waals surface area contributed by atoms with Gasteiger partial charge in [-0.25, -0.2) is 0 Å². The summed E-state index contributed by atoms with van der Waals surface area (Å²) in [4.78, 5) is 29.3. The SMILES string of the molecule is O.O.O.O[Si](O)(O)O.[AlH3]. The molecule has 0 atom stereocenters. The van der Waals surface area contributed by atoms with E-state index in [1.165, 1.54) is 0 Å². The van der Waals surface area contributed by atoms with Gasteiger partial charge in [-0.15, -0.1) is 0 Å². The Bertz CT molecular complexity index is 24.4. The highest BCUT2D eigenvalue weighted by Gasteiger charge is 2.22. The largest absolute Gasteiger partial charge is 0.668 e. The van der Waals surface area contributed by atoms with Crippen LogP contribution in [0.3, 0.4) is 0 Å². The van der Waals surface area contributed by atoms with Crippen LogP contribution in [0.4, 0.5) is 0 Å². The van der Waals surface area contributed by atoms with Crippen LogP contribution in [0.1, 0.15) is 0 Å². The van der Waals surface area contributed by atoms with Gasteiger partial charge in [0.2, 0.25) is 0 Å². The van der Waals surface area contributed by atoms with E-state index in [0.717, 1.165) is 0 Å². The molecule has 0 aliphatic carbocycles. The van der Waals surface area contributed by atoms with Gasteiger partial charge in [-0.2, -0.15) is 0 Å². The first kappa shape index (κ1) is 34.0. The van der Waals surface area contributed by atoms with Crippen molar-refractivity contribution >= 4 is 26.4 Å². The van der Waals surface area contributed by atoms with Crippen LogP contribution in [-0.4, -0.2) is 62.0 Å². The lowest BCUT2D eigenvalue weighted by Gasteiger charge is -1.91. The molecule has 0 saturated carbocycles. The minimum atomic E-state index is -4.61. The van der Waals surface area contributed by atoms with Crippen molar-refractivity contribution in [2.45, 2.75) is 0 Å². The number of hydrogen-bond acceptors (Lipinski definition) is 4. The van der Waals surface area contributed by atoms with Crippen LogP contribution >= 0.6 is 0 Å². The first-order valence-corrected chi connectivity index (χ1v) is 2.68. The van der Waals surface area contributed by atoms with E-state index in [1.807, 2.05) is 0 Å². The highest BCUT2D eigenvalue weighted by molar-refractivity contribution is 6.46. The van der Waals surface area contributed by atoms with Gasteiger partial charge in [-0.3, -0.25) is 0 Å².